The molecule has 0 radical (unpaired) electrons. The zero-order valence-corrected chi connectivity index (χ0v) is 16.8. The number of hydrogen-bond donors (Lipinski definition) is 1. The van der Waals surface area contributed by atoms with Crippen molar-refractivity contribution in [3.63, 3.8) is 0 Å². The van der Waals surface area contributed by atoms with Crippen LogP contribution in [0.4, 0.5) is 15.8 Å². The summed E-state index contributed by atoms with van der Waals surface area (Å²) < 4.78 is 46.6. The predicted molar refractivity (Wildman–Crippen MR) is 110 cm³/mol. The quantitative estimate of drug-likeness (QED) is 0.675. The van der Waals surface area contributed by atoms with E-state index in [9.17, 15) is 17.6 Å². The smallest absolute Gasteiger partial charge is 0.262 e. The minimum atomic E-state index is -4.03. The lowest BCUT2D eigenvalue weighted by atomic mass is 10.1. The molecule has 0 saturated heterocycles. The number of aromatic nitrogens is 1. The number of fused-ring (bicyclic) bond motifs is 1. The Kier molecular flexibility index (Phi) is 5.13. The monoisotopic (exact) mass is 427 g/mol. The number of hydrogen-bond acceptors (Lipinski definition) is 5. The standard InChI is InChI=1S/C21H18FN3O4S/c1-29-20-7-6-17(12-18(20)22)30(27,28)24-16-5-4-14-8-10-25(19(14)11-16)21(26)15-3-2-9-23-13-15/h2-7,9,11-13,24H,8,10H2,1H3. The van der Waals surface area contributed by atoms with E-state index in [4.69, 9.17) is 4.74 Å². The molecule has 9 heteroatoms. The number of nitrogens with one attached hydrogen (secondary N) is 1. The number of sulfonamides is 1. The molecule has 2 heterocycles. The number of halogens is 1. The van der Waals surface area contributed by atoms with Crippen molar-refractivity contribution in [1.29, 1.82) is 0 Å². The first-order chi connectivity index (χ1) is 14.4. The summed E-state index contributed by atoms with van der Waals surface area (Å²) in [7, 11) is -2.73. The van der Waals surface area contributed by atoms with Crippen molar-refractivity contribution < 1.29 is 22.3 Å². The summed E-state index contributed by atoms with van der Waals surface area (Å²) in [6.07, 6.45) is 3.74. The van der Waals surface area contributed by atoms with Crippen LogP contribution in [0.15, 0.2) is 65.8 Å². The van der Waals surface area contributed by atoms with Crippen molar-refractivity contribution in [3.8, 4) is 5.75 Å². The van der Waals surface area contributed by atoms with E-state index in [2.05, 4.69) is 9.71 Å². The second-order valence-corrected chi connectivity index (χ2v) is 8.38. The van der Waals surface area contributed by atoms with Gasteiger partial charge in [-0.25, -0.2) is 12.8 Å². The van der Waals surface area contributed by atoms with E-state index in [1.54, 1.807) is 41.4 Å². The average Bonchev–Trinajstić information content (AvgIpc) is 3.16. The Labute approximate surface area is 173 Å². The van der Waals surface area contributed by atoms with Crippen molar-refractivity contribution >= 4 is 27.3 Å². The molecule has 30 heavy (non-hydrogen) atoms. The molecule has 1 N–H and O–H groups in total. The maximum atomic E-state index is 13.9. The molecule has 1 aliphatic heterocycles. The number of benzene rings is 2. The van der Waals surface area contributed by atoms with Gasteiger partial charge in [0.05, 0.1) is 23.3 Å². The van der Waals surface area contributed by atoms with E-state index >= 15 is 0 Å². The molecule has 0 aliphatic carbocycles. The van der Waals surface area contributed by atoms with E-state index < -0.39 is 15.8 Å². The number of carbonyl (C=O) groups is 1. The van der Waals surface area contributed by atoms with Gasteiger partial charge in [-0.15, -0.1) is 0 Å². The molecule has 1 amide bonds. The van der Waals surface area contributed by atoms with Crippen molar-refractivity contribution in [2.45, 2.75) is 11.3 Å². The number of pyridine rings is 1. The van der Waals surface area contributed by atoms with Crippen LogP contribution in [0.2, 0.25) is 0 Å². The summed E-state index contributed by atoms with van der Waals surface area (Å²) >= 11 is 0. The Balaban J connectivity index is 1.61. The lowest BCUT2D eigenvalue weighted by Gasteiger charge is -2.18. The highest BCUT2D eigenvalue weighted by Gasteiger charge is 2.27. The molecule has 4 rings (SSSR count). The predicted octanol–water partition coefficient (Wildman–Crippen LogP) is 3.23. The number of nitrogens with zero attached hydrogens (tertiary/aromatic N) is 2. The third-order valence-corrected chi connectivity index (χ3v) is 6.20. The van der Waals surface area contributed by atoms with Gasteiger partial charge in [-0.05, 0) is 54.4 Å². The SMILES string of the molecule is COc1ccc(S(=O)(=O)Nc2ccc3c(c2)N(C(=O)c2cccnc2)CC3)cc1F. The number of anilines is 2. The number of amides is 1. The van der Waals surface area contributed by atoms with E-state index in [0.717, 1.165) is 11.6 Å². The van der Waals surface area contributed by atoms with Crippen LogP contribution in [0.5, 0.6) is 5.75 Å². The second kappa shape index (κ2) is 7.75. The summed E-state index contributed by atoms with van der Waals surface area (Å²) in [4.78, 5) is 18.2. The van der Waals surface area contributed by atoms with E-state index in [1.165, 1.54) is 25.4 Å². The highest BCUT2D eigenvalue weighted by Crippen LogP contribution is 2.33. The third-order valence-electron chi connectivity index (χ3n) is 4.82. The van der Waals surface area contributed by atoms with E-state index in [0.29, 0.717) is 24.2 Å². The largest absolute Gasteiger partial charge is 0.494 e. The average molecular weight is 427 g/mol. The van der Waals surface area contributed by atoms with Crippen LogP contribution >= 0.6 is 0 Å². The van der Waals surface area contributed by atoms with Gasteiger partial charge in [0, 0.05) is 24.6 Å². The van der Waals surface area contributed by atoms with Crippen LogP contribution in [0.3, 0.4) is 0 Å². The molecule has 1 aromatic heterocycles. The molecule has 0 fully saturated rings. The molecule has 0 unspecified atom stereocenters. The second-order valence-electron chi connectivity index (χ2n) is 6.69. The molecule has 0 bridgehead atoms. The molecular weight excluding hydrogens is 409 g/mol. The van der Waals surface area contributed by atoms with Gasteiger partial charge < -0.3 is 9.64 Å². The molecule has 0 atom stereocenters. The number of ether oxygens (including phenoxy) is 1. The maximum Gasteiger partial charge on any atom is 0.262 e. The van der Waals surface area contributed by atoms with Crippen LogP contribution in [-0.2, 0) is 16.4 Å². The fourth-order valence-corrected chi connectivity index (χ4v) is 4.39. The highest BCUT2D eigenvalue weighted by atomic mass is 32.2. The normalized spacial score (nSPS) is 13.1. The van der Waals surface area contributed by atoms with Gasteiger partial charge in [-0.1, -0.05) is 6.07 Å². The van der Waals surface area contributed by atoms with Gasteiger partial charge in [0.15, 0.2) is 11.6 Å². The topological polar surface area (TPSA) is 88.6 Å². The summed E-state index contributed by atoms with van der Waals surface area (Å²) in [6.45, 7) is 0.489. The number of rotatable bonds is 5. The van der Waals surface area contributed by atoms with Crippen LogP contribution in [0.1, 0.15) is 15.9 Å². The highest BCUT2D eigenvalue weighted by molar-refractivity contribution is 7.92. The summed E-state index contributed by atoms with van der Waals surface area (Å²) in [5, 5.41) is 0. The molecule has 2 aromatic carbocycles. The summed E-state index contributed by atoms with van der Waals surface area (Å²) in [5.41, 5.74) is 2.29. The van der Waals surface area contributed by atoms with Gasteiger partial charge in [0.2, 0.25) is 0 Å². The molecule has 154 valence electrons. The van der Waals surface area contributed by atoms with Crippen molar-refractivity contribution in [3.05, 3.63) is 77.9 Å². The van der Waals surface area contributed by atoms with Gasteiger partial charge in [0.25, 0.3) is 15.9 Å². The minimum absolute atomic E-state index is 0.0453. The summed E-state index contributed by atoms with van der Waals surface area (Å²) in [6, 6.07) is 11.8. The lowest BCUT2D eigenvalue weighted by molar-refractivity contribution is 0.0989. The minimum Gasteiger partial charge on any atom is -0.494 e. The molecule has 1 aliphatic rings. The van der Waals surface area contributed by atoms with Crippen LogP contribution < -0.4 is 14.4 Å². The van der Waals surface area contributed by atoms with Crippen molar-refractivity contribution in [1.82, 2.24) is 4.98 Å². The molecular formula is C21H18FN3O4S. The van der Waals surface area contributed by atoms with Crippen LogP contribution in [0, 0.1) is 5.82 Å². The molecule has 0 spiro atoms. The van der Waals surface area contributed by atoms with Crippen molar-refractivity contribution in [2.24, 2.45) is 0 Å². The zero-order valence-electron chi connectivity index (χ0n) is 16.0. The Bertz CT molecular complexity index is 1220. The molecule has 0 saturated carbocycles. The van der Waals surface area contributed by atoms with E-state index in [-0.39, 0.29) is 22.2 Å². The number of methoxy groups -OCH3 is 1. The van der Waals surface area contributed by atoms with Gasteiger partial charge in [-0.2, -0.15) is 0 Å². The van der Waals surface area contributed by atoms with Gasteiger partial charge >= 0.3 is 0 Å². The van der Waals surface area contributed by atoms with Crippen LogP contribution in [0.25, 0.3) is 0 Å². The Morgan fingerprint density at radius 2 is 2.03 bits per heavy atom. The number of carbonyl (C=O) groups excluding carboxylic acids is 1. The zero-order chi connectivity index (χ0) is 21.3. The Hall–Kier alpha value is -3.46. The summed E-state index contributed by atoms with van der Waals surface area (Å²) in [5.74, 6) is -1.03. The van der Waals surface area contributed by atoms with E-state index in [1.807, 2.05) is 0 Å². The third kappa shape index (κ3) is 3.71. The Morgan fingerprint density at radius 3 is 2.73 bits per heavy atom. The van der Waals surface area contributed by atoms with Crippen LogP contribution in [-0.4, -0.2) is 33.0 Å². The first-order valence-corrected chi connectivity index (χ1v) is 10.6. The fourth-order valence-electron chi connectivity index (χ4n) is 3.33. The fraction of sp³-hybridized carbons (Fsp3) is 0.143. The Morgan fingerprint density at radius 1 is 1.20 bits per heavy atom. The van der Waals surface area contributed by atoms with Gasteiger partial charge in [0.1, 0.15) is 0 Å². The maximum absolute atomic E-state index is 13.9. The first-order valence-electron chi connectivity index (χ1n) is 9.10. The first kappa shape index (κ1) is 19.8. The molecule has 3 aromatic rings. The van der Waals surface area contributed by atoms with Crippen molar-refractivity contribution in [2.75, 3.05) is 23.3 Å². The molecule has 7 nitrogen and oxygen atoms in total. The van der Waals surface area contributed by atoms with Gasteiger partial charge in [-0.3, -0.25) is 14.5 Å². The lowest BCUT2D eigenvalue weighted by Crippen LogP contribution is -2.29.